The number of halogens is 1. The summed E-state index contributed by atoms with van der Waals surface area (Å²) in [7, 11) is 0. The summed E-state index contributed by atoms with van der Waals surface area (Å²) in [6, 6.07) is 2.71. The molecule has 2 aliphatic carbocycles. The molecule has 4 heteroatoms. The van der Waals surface area contributed by atoms with Crippen LogP contribution >= 0.6 is 27.3 Å². The van der Waals surface area contributed by atoms with Gasteiger partial charge in [-0.2, -0.15) is 0 Å². The van der Waals surface area contributed by atoms with Gasteiger partial charge in [0.1, 0.15) is 0 Å². The van der Waals surface area contributed by atoms with Crippen molar-refractivity contribution in [1.29, 1.82) is 0 Å². The monoisotopic (exact) mass is 357 g/mol. The van der Waals surface area contributed by atoms with Crippen LogP contribution in [-0.2, 0) is 6.42 Å². The van der Waals surface area contributed by atoms with Crippen LogP contribution < -0.4 is 5.32 Å². The maximum atomic E-state index is 10.8. The summed E-state index contributed by atoms with van der Waals surface area (Å²) in [6.45, 7) is 0.755. The van der Waals surface area contributed by atoms with Crippen LogP contribution in [-0.4, -0.2) is 17.3 Å². The van der Waals surface area contributed by atoms with Crippen molar-refractivity contribution in [1.82, 2.24) is 5.32 Å². The minimum Gasteiger partial charge on any atom is -0.389 e. The summed E-state index contributed by atoms with van der Waals surface area (Å²) >= 11 is 5.48. The summed E-state index contributed by atoms with van der Waals surface area (Å²) in [5.41, 5.74) is 0.992. The molecule has 1 aromatic rings. The van der Waals surface area contributed by atoms with E-state index in [1.165, 1.54) is 59.2 Å². The average molecular weight is 358 g/mol. The van der Waals surface area contributed by atoms with Crippen molar-refractivity contribution in [2.24, 2.45) is 0 Å². The molecule has 2 nitrogen and oxygen atoms in total. The molecule has 0 aliphatic heterocycles. The quantitative estimate of drug-likeness (QED) is 0.777. The molecule has 1 unspecified atom stereocenters. The highest BCUT2D eigenvalue weighted by Gasteiger charge is 2.30. The van der Waals surface area contributed by atoms with Crippen molar-refractivity contribution in [3.05, 3.63) is 20.3 Å². The molecule has 2 aliphatic rings. The molecule has 1 fully saturated rings. The first-order chi connectivity index (χ1) is 9.66. The van der Waals surface area contributed by atoms with Gasteiger partial charge in [-0.05, 0) is 59.7 Å². The number of thiophene rings is 1. The molecular weight excluding hydrogens is 334 g/mol. The van der Waals surface area contributed by atoms with E-state index < -0.39 is 5.60 Å². The summed E-state index contributed by atoms with van der Waals surface area (Å²) < 4.78 is 1.24. The van der Waals surface area contributed by atoms with Crippen LogP contribution in [0.4, 0.5) is 0 Å². The zero-order chi connectivity index (χ0) is 14.0. The first kappa shape index (κ1) is 15.0. The Bertz CT molecular complexity index is 451. The van der Waals surface area contributed by atoms with Gasteiger partial charge in [0, 0.05) is 17.5 Å². The van der Waals surface area contributed by atoms with Crippen molar-refractivity contribution in [2.45, 2.75) is 69.4 Å². The number of rotatable bonds is 3. The van der Waals surface area contributed by atoms with Crippen molar-refractivity contribution >= 4 is 27.3 Å². The lowest BCUT2D eigenvalue weighted by Crippen LogP contribution is -2.42. The van der Waals surface area contributed by atoms with Gasteiger partial charge >= 0.3 is 0 Å². The largest absolute Gasteiger partial charge is 0.389 e. The van der Waals surface area contributed by atoms with Crippen LogP contribution in [0.15, 0.2) is 9.85 Å². The Balaban J connectivity index is 1.63. The molecule has 0 bridgehead atoms. The maximum Gasteiger partial charge on any atom is 0.0771 e. The average Bonchev–Trinajstić information content (AvgIpc) is 2.67. The highest BCUT2D eigenvalue weighted by atomic mass is 79.9. The fraction of sp³-hybridized carbons (Fsp3) is 0.750. The van der Waals surface area contributed by atoms with Gasteiger partial charge in [-0.25, -0.2) is 0 Å². The minimum absolute atomic E-state index is 0.438. The number of aryl methyl sites for hydroxylation is 1. The van der Waals surface area contributed by atoms with Crippen molar-refractivity contribution in [2.75, 3.05) is 6.54 Å². The van der Waals surface area contributed by atoms with Gasteiger partial charge in [0.2, 0.25) is 0 Å². The summed E-state index contributed by atoms with van der Waals surface area (Å²) in [5, 5.41) is 14.4. The first-order valence-electron chi connectivity index (χ1n) is 7.90. The zero-order valence-corrected chi connectivity index (χ0v) is 14.4. The molecule has 0 amide bonds. The van der Waals surface area contributed by atoms with E-state index in [0.717, 1.165) is 19.4 Å². The second kappa shape index (κ2) is 6.47. The highest BCUT2D eigenvalue weighted by molar-refractivity contribution is 9.11. The Morgan fingerprint density at radius 2 is 2.00 bits per heavy atom. The van der Waals surface area contributed by atoms with Gasteiger partial charge < -0.3 is 10.4 Å². The normalized spacial score (nSPS) is 26.0. The number of fused-ring (bicyclic) bond motifs is 1. The van der Waals surface area contributed by atoms with Crippen LogP contribution in [0.5, 0.6) is 0 Å². The van der Waals surface area contributed by atoms with E-state index in [0.29, 0.717) is 6.04 Å². The topological polar surface area (TPSA) is 32.3 Å². The second-order valence-electron chi connectivity index (χ2n) is 6.39. The van der Waals surface area contributed by atoms with Gasteiger partial charge in [-0.1, -0.05) is 25.7 Å². The van der Waals surface area contributed by atoms with Gasteiger partial charge in [0.15, 0.2) is 0 Å². The first-order valence-corrected chi connectivity index (χ1v) is 9.51. The lowest BCUT2D eigenvalue weighted by molar-refractivity contribution is 0.0222. The fourth-order valence-corrected chi connectivity index (χ4v) is 5.43. The standard InChI is InChI=1S/C16H24BrNOS/c17-15-10-12-13(6-5-7-14(12)20-15)18-11-16(19)8-3-1-2-4-9-16/h10,13,18-19H,1-9,11H2. The van der Waals surface area contributed by atoms with E-state index in [1.54, 1.807) is 0 Å². The summed E-state index contributed by atoms with van der Waals surface area (Å²) in [6.07, 6.45) is 10.5. The molecule has 0 aromatic carbocycles. The lowest BCUT2D eigenvalue weighted by atomic mass is 9.91. The maximum absolute atomic E-state index is 10.8. The Morgan fingerprint density at radius 3 is 2.75 bits per heavy atom. The number of hydrogen-bond acceptors (Lipinski definition) is 3. The Labute approximate surface area is 134 Å². The zero-order valence-electron chi connectivity index (χ0n) is 12.0. The molecule has 1 heterocycles. The van der Waals surface area contributed by atoms with E-state index in [-0.39, 0.29) is 0 Å². The molecule has 0 radical (unpaired) electrons. The third kappa shape index (κ3) is 3.46. The molecule has 112 valence electrons. The van der Waals surface area contributed by atoms with E-state index in [4.69, 9.17) is 0 Å². The fourth-order valence-electron chi connectivity index (χ4n) is 3.61. The van der Waals surface area contributed by atoms with Gasteiger partial charge in [-0.3, -0.25) is 0 Å². The molecule has 1 saturated carbocycles. The smallest absolute Gasteiger partial charge is 0.0771 e. The Morgan fingerprint density at radius 1 is 1.25 bits per heavy atom. The van der Waals surface area contributed by atoms with E-state index in [1.807, 2.05) is 11.3 Å². The molecule has 0 spiro atoms. The SMILES string of the molecule is OC1(CNC2CCCc3sc(Br)cc32)CCCCCC1. The number of nitrogens with one attached hydrogen (secondary N) is 1. The molecule has 0 saturated heterocycles. The molecular formula is C16H24BrNOS. The van der Waals surface area contributed by atoms with Crippen molar-refractivity contribution in [3.8, 4) is 0 Å². The third-order valence-corrected chi connectivity index (χ3v) is 6.51. The Hall–Kier alpha value is 0.100. The van der Waals surface area contributed by atoms with E-state index in [2.05, 4.69) is 27.3 Å². The predicted octanol–water partition coefficient (Wildman–Crippen LogP) is 4.56. The van der Waals surface area contributed by atoms with Gasteiger partial charge in [0.05, 0.1) is 9.39 Å². The van der Waals surface area contributed by atoms with Crippen molar-refractivity contribution < 1.29 is 5.11 Å². The summed E-state index contributed by atoms with van der Waals surface area (Å²) in [4.78, 5) is 1.52. The van der Waals surface area contributed by atoms with E-state index in [9.17, 15) is 5.11 Å². The van der Waals surface area contributed by atoms with Gasteiger partial charge in [-0.15, -0.1) is 11.3 Å². The number of aliphatic hydroxyl groups is 1. The highest BCUT2D eigenvalue weighted by Crippen LogP contribution is 2.38. The number of hydrogen-bond donors (Lipinski definition) is 2. The van der Waals surface area contributed by atoms with Gasteiger partial charge in [0.25, 0.3) is 0 Å². The second-order valence-corrected chi connectivity index (χ2v) is 8.91. The minimum atomic E-state index is -0.471. The Kier molecular flexibility index (Phi) is 4.86. The van der Waals surface area contributed by atoms with Crippen LogP contribution in [0.3, 0.4) is 0 Å². The predicted molar refractivity (Wildman–Crippen MR) is 88.4 cm³/mol. The third-order valence-electron chi connectivity index (χ3n) is 4.80. The summed E-state index contributed by atoms with van der Waals surface area (Å²) in [5.74, 6) is 0. The van der Waals surface area contributed by atoms with Crippen molar-refractivity contribution in [3.63, 3.8) is 0 Å². The molecule has 20 heavy (non-hydrogen) atoms. The molecule has 2 N–H and O–H groups in total. The van der Waals surface area contributed by atoms with E-state index >= 15 is 0 Å². The molecule has 3 rings (SSSR count). The van der Waals surface area contributed by atoms with Crippen LogP contribution in [0.1, 0.15) is 67.8 Å². The molecule has 1 aromatic heterocycles. The van der Waals surface area contributed by atoms with Crippen LogP contribution in [0, 0.1) is 0 Å². The van der Waals surface area contributed by atoms with Crippen LogP contribution in [0.2, 0.25) is 0 Å². The lowest BCUT2D eigenvalue weighted by Gasteiger charge is -2.31. The molecule has 1 atom stereocenters. The van der Waals surface area contributed by atoms with Crippen LogP contribution in [0.25, 0.3) is 0 Å².